The van der Waals surface area contributed by atoms with Crippen LogP contribution in [0.25, 0.3) is 10.9 Å². The van der Waals surface area contributed by atoms with Crippen molar-refractivity contribution in [2.75, 3.05) is 13.1 Å². The van der Waals surface area contributed by atoms with E-state index in [1.807, 2.05) is 29.3 Å². The lowest BCUT2D eigenvalue weighted by Gasteiger charge is -2.30. The number of carbonyl (C=O) groups excluding carboxylic acids is 1. The Balaban J connectivity index is 1.89. The van der Waals surface area contributed by atoms with Crippen LogP contribution in [0.15, 0.2) is 28.9 Å². The normalized spacial score (nSPS) is 17.1. The number of nitrogens with one attached hydrogen (secondary N) is 1. The van der Waals surface area contributed by atoms with Crippen molar-refractivity contribution < 1.29 is 4.79 Å². The number of halogens is 1. The van der Waals surface area contributed by atoms with Gasteiger partial charge in [0.1, 0.15) is 0 Å². The van der Waals surface area contributed by atoms with Crippen molar-refractivity contribution in [1.29, 1.82) is 0 Å². The Kier molecular flexibility index (Phi) is 3.35. The first-order valence-corrected chi connectivity index (χ1v) is 7.50. The molecule has 1 aromatic carbocycles. The second kappa shape index (κ2) is 5.00. The highest BCUT2D eigenvalue weighted by molar-refractivity contribution is 9.10. The zero-order valence-electron chi connectivity index (χ0n) is 10.9. The number of carbonyl (C=O) groups is 1. The van der Waals surface area contributed by atoms with Gasteiger partial charge in [-0.05, 0) is 30.9 Å². The van der Waals surface area contributed by atoms with Gasteiger partial charge < -0.3 is 9.88 Å². The standard InChI is InChI=1S/C15H17BrN2O/c1-10-4-6-18(7-5-10)15(19)13-9-17-14-8-11(16)2-3-12(13)14/h2-3,8-10,17H,4-7H2,1H3. The molecule has 4 heteroatoms. The van der Waals surface area contributed by atoms with Gasteiger partial charge in [-0.15, -0.1) is 0 Å². The SMILES string of the molecule is CC1CCN(C(=O)c2c[nH]c3cc(Br)ccc23)CC1. The predicted octanol–water partition coefficient (Wildman–Crippen LogP) is 3.80. The summed E-state index contributed by atoms with van der Waals surface area (Å²) < 4.78 is 1.02. The molecule has 0 bridgehead atoms. The Labute approximate surface area is 121 Å². The molecule has 2 heterocycles. The van der Waals surface area contributed by atoms with Gasteiger partial charge in [-0.2, -0.15) is 0 Å². The van der Waals surface area contributed by atoms with Crippen LogP contribution in [0, 0.1) is 5.92 Å². The van der Waals surface area contributed by atoms with Gasteiger partial charge in [0.15, 0.2) is 0 Å². The molecule has 1 N–H and O–H groups in total. The van der Waals surface area contributed by atoms with Crippen molar-refractivity contribution in [3.05, 3.63) is 34.4 Å². The lowest BCUT2D eigenvalue weighted by atomic mass is 9.98. The Morgan fingerprint density at radius 2 is 2.11 bits per heavy atom. The second-order valence-corrected chi connectivity index (χ2v) is 6.28. The third-order valence-corrected chi connectivity index (χ3v) is 4.44. The number of hydrogen-bond acceptors (Lipinski definition) is 1. The third-order valence-electron chi connectivity index (χ3n) is 3.95. The number of rotatable bonds is 1. The summed E-state index contributed by atoms with van der Waals surface area (Å²) in [4.78, 5) is 17.7. The van der Waals surface area contributed by atoms with Crippen LogP contribution < -0.4 is 0 Å². The van der Waals surface area contributed by atoms with Crippen LogP contribution in [-0.4, -0.2) is 28.9 Å². The first-order chi connectivity index (χ1) is 9.15. The van der Waals surface area contributed by atoms with E-state index >= 15 is 0 Å². The molecule has 1 aromatic heterocycles. The zero-order chi connectivity index (χ0) is 13.4. The zero-order valence-corrected chi connectivity index (χ0v) is 12.5. The van der Waals surface area contributed by atoms with Crippen LogP contribution in [-0.2, 0) is 0 Å². The highest BCUT2D eigenvalue weighted by Crippen LogP contribution is 2.25. The largest absolute Gasteiger partial charge is 0.360 e. The number of likely N-dealkylation sites (tertiary alicyclic amines) is 1. The lowest BCUT2D eigenvalue weighted by Crippen LogP contribution is -2.37. The molecule has 3 rings (SSSR count). The minimum atomic E-state index is 0.153. The van der Waals surface area contributed by atoms with Crippen molar-refractivity contribution in [2.45, 2.75) is 19.8 Å². The average molecular weight is 321 g/mol. The molecule has 0 aliphatic carbocycles. The van der Waals surface area contributed by atoms with Gasteiger partial charge in [-0.1, -0.05) is 28.9 Å². The quantitative estimate of drug-likeness (QED) is 0.852. The fourth-order valence-corrected chi connectivity index (χ4v) is 3.02. The van der Waals surface area contributed by atoms with Crippen molar-refractivity contribution in [2.24, 2.45) is 5.92 Å². The number of H-pyrrole nitrogens is 1. The first kappa shape index (κ1) is 12.7. The minimum Gasteiger partial charge on any atom is -0.360 e. The lowest BCUT2D eigenvalue weighted by molar-refractivity contribution is 0.0699. The van der Waals surface area contributed by atoms with Crippen LogP contribution in [0.2, 0.25) is 0 Å². The summed E-state index contributed by atoms with van der Waals surface area (Å²) in [6.07, 6.45) is 4.05. The van der Waals surface area contributed by atoms with Crippen molar-refractivity contribution >= 4 is 32.7 Å². The minimum absolute atomic E-state index is 0.153. The van der Waals surface area contributed by atoms with Gasteiger partial charge in [0, 0.05) is 34.7 Å². The van der Waals surface area contributed by atoms with Gasteiger partial charge in [0.25, 0.3) is 5.91 Å². The summed E-state index contributed by atoms with van der Waals surface area (Å²) in [7, 11) is 0. The molecule has 0 atom stereocenters. The smallest absolute Gasteiger partial charge is 0.256 e. The highest BCUT2D eigenvalue weighted by Gasteiger charge is 2.23. The molecule has 19 heavy (non-hydrogen) atoms. The predicted molar refractivity (Wildman–Crippen MR) is 80.3 cm³/mol. The van der Waals surface area contributed by atoms with E-state index < -0.39 is 0 Å². The van der Waals surface area contributed by atoms with E-state index in [4.69, 9.17) is 0 Å². The molecule has 1 aliphatic heterocycles. The van der Waals surface area contributed by atoms with Crippen LogP contribution in [0.1, 0.15) is 30.1 Å². The van der Waals surface area contributed by atoms with E-state index in [9.17, 15) is 4.79 Å². The molecule has 0 unspecified atom stereocenters. The molecular formula is C15H17BrN2O. The maximum atomic E-state index is 12.6. The molecule has 3 nitrogen and oxygen atoms in total. The van der Waals surface area contributed by atoms with Crippen LogP contribution in [0.3, 0.4) is 0 Å². The Morgan fingerprint density at radius 3 is 2.84 bits per heavy atom. The first-order valence-electron chi connectivity index (χ1n) is 6.71. The van der Waals surface area contributed by atoms with E-state index in [0.717, 1.165) is 52.8 Å². The summed E-state index contributed by atoms with van der Waals surface area (Å²) in [5.74, 6) is 0.892. The monoisotopic (exact) mass is 320 g/mol. The van der Waals surface area contributed by atoms with E-state index in [1.54, 1.807) is 0 Å². The van der Waals surface area contributed by atoms with E-state index in [2.05, 4.69) is 27.8 Å². The third kappa shape index (κ3) is 2.41. The molecule has 2 aromatic rings. The molecule has 1 amide bonds. The van der Waals surface area contributed by atoms with Gasteiger partial charge >= 0.3 is 0 Å². The van der Waals surface area contributed by atoms with Gasteiger partial charge in [-0.25, -0.2) is 0 Å². The number of benzene rings is 1. The van der Waals surface area contributed by atoms with Crippen molar-refractivity contribution in [3.8, 4) is 0 Å². The number of fused-ring (bicyclic) bond motifs is 1. The van der Waals surface area contributed by atoms with Gasteiger partial charge in [0.2, 0.25) is 0 Å². The Hall–Kier alpha value is -1.29. The molecule has 1 fully saturated rings. The van der Waals surface area contributed by atoms with Gasteiger partial charge in [0.05, 0.1) is 5.56 Å². The number of aromatic nitrogens is 1. The molecule has 0 spiro atoms. The van der Waals surface area contributed by atoms with Crippen LogP contribution in [0.5, 0.6) is 0 Å². The maximum Gasteiger partial charge on any atom is 0.256 e. The number of nitrogens with zero attached hydrogens (tertiary/aromatic N) is 1. The maximum absolute atomic E-state index is 12.6. The molecular weight excluding hydrogens is 304 g/mol. The van der Waals surface area contributed by atoms with E-state index in [1.165, 1.54) is 0 Å². The van der Waals surface area contributed by atoms with Crippen LogP contribution in [0.4, 0.5) is 0 Å². The topological polar surface area (TPSA) is 36.1 Å². The summed E-state index contributed by atoms with van der Waals surface area (Å²) in [5.41, 5.74) is 1.79. The van der Waals surface area contributed by atoms with Crippen LogP contribution >= 0.6 is 15.9 Å². The van der Waals surface area contributed by atoms with Crippen molar-refractivity contribution in [1.82, 2.24) is 9.88 Å². The molecule has 0 radical (unpaired) electrons. The summed E-state index contributed by atoms with van der Waals surface area (Å²) in [6, 6.07) is 5.98. The number of piperidine rings is 1. The van der Waals surface area contributed by atoms with Crippen molar-refractivity contribution in [3.63, 3.8) is 0 Å². The molecule has 1 aliphatic rings. The fraction of sp³-hybridized carbons (Fsp3) is 0.400. The number of hydrogen-bond donors (Lipinski definition) is 1. The molecule has 0 saturated carbocycles. The second-order valence-electron chi connectivity index (χ2n) is 5.37. The molecule has 100 valence electrons. The van der Waals surface area contributed by atoms with E-state index in [0.29, 0.717) is 0 Å². The fourth-order valence-electron chi connectivity index (χ4n) is 2.66. The average Bonchev–Trinajstić information content (AvgIpc) is 2.81. The Bertz CT molecular complexity index is 612. The molecule has 1 saturated heterocycles. The Morgan fingerprint density at radius 1 is 1.37 bits per heavy atom. The van der Waals surface area contributed by atoms with Gasteiger partial charge in [-0.3, -0.25) is 4.79 Å². The summed E-state index contributed by atoms with van der Waals surface area (Å²) in [6.45, 7) is 4.01. The number of aromatic amines is 1. The summed E-state index contributed by atoms with van der Waals surface area (Å²) in [5, 5.41) is 1.01. The summed E-state index contributed by atoms with van der Waals surface area (Å²) >= 11 is 3.45. The number of amides is 1. The van der Waals surface area contributed by atoms with E-state index in [-0.39, 0.29) is 5.91 Å². The highest BCUT2D eigenvalue weighted by atomic mass is 79.9.